The van der Waals surface area contributed by atoms with Gasteiger partial charge in [0.15, 0.2) is 0 Å². The van der Waals surface area contributed by atoms with Crippen molar-refractivity contribution in [3.05, 3.63) is 76.9 Å². The third-order valence-corrected chi connectivity index (χ3v) is 4.00. The van der Waals surface area contributed by atoms with Crippen molar-refractivity contribution >= 4 is 28.4 Å². The lowest BCUT2D eigenvalue weighted by atomic mass is 10.0. The smallest absolute Gasteiger partial charge is 0.252 e. The number of hydrogen-bond acceptors (Lipinski definition) is 3. The van der Waals surface area contributed by atoms with Crippen LogP contribution in [-0.4, -0.2) is 28.6 Å². The molecule has 0 aliphatic rings. The van der Waals surface area contributed by atoms with Crippen molar-refractivity contribution in [1.29, 1.82) is 0 Å². The predicted octanol–water partition coefficient (Wildman–Crippen LogP) is 3.22. The lowest BCUT2D eigenvalue weighted by molar-refractivity contribution is 0.0918. The van der Waals surface area contributed by atoms with Crippen molar-refractivity contribution in [3.63, 3.8) is 0 Å². The monoisotopic (exact) mass is 340 g/mol. The van der Waals surface area contributed by atoms with Crippen LogP contribution in [-0.2, 0) is 6.42 Å². The van der Waals surface area contributed by atoms with Gasteiger partial charge in [0.25, 0.3) is 5.91 Å². The molecule has 2 N–H and O–H groups in total. The van der Waals surface area contributed by atoms with Gasteiger partial charge < -0.3 is 10.4 Å². The summed E-state index contributed by atoms with van der Waals surface area (Å²) in [5.74, 6) is -0.273. The van der Waals surface area contributed by atoms with Gasteiger partial charge in [-0.3, -0.25) is 4.79 Å². The molecule has 0 unspecified atom stereocenters. The highest BCUT2D eigenvalue weighted by molar-refractivity contribution is 6.30. The van der Waals surface area contributed by atoms with Gasteiger partial charge in [-0.2, -0.15) is 0 Å². The maximum atomic E-state index is 12.7. The minimum Gasteiger partial charge on any atom is -0.394 e. The van der Waals surface area contributed by atoms with Gasteiger partial charge in [-0.25, -0.2) is 4.98 Å². The van der Waals surface area contributed by atoms with Crippen molar-refractivity contribution in [2.24, 2.45) is 0 Å². The molecule has 5 heteroatoms. The highest BCUT2D eigenvalue weighted by Gasteiger charge is 2.17. The van der Waals surface area contributed by atoms with E-state index >= 15 is 0 Å². The van der Waals surface area contributed by atoms with Crippen LogP contribution in [0, 0.1) is 0 Å². The Morgan fingerprint density at radius 1 is 1.12 bits per heavy atom. The van der Waals surface area contributed by atoms with Crippen molar-refractivity contribution in [2.75, 3.05) is 6.61 Å². The van der Waals surface area contributed by atoms with Gasteiger partial charge in [-0.05, 0) is 24.1 Å². The molecule has 1 atom stereocenters. The van der Waals surface area contributed by atoms with E-state index in [0.717, 1.165) is 10.9 Å². The Morgan fingerprint density at radius 2 is 1.83 bits per heavy atom. The molecule has 122 valence electrons. The number of aromatic nitrogens is 1. The summed E-state index contributed by atoms with van der Waals surface area (Å²) in [6, 6.07) is 18.2. The maximum Gasteiger partial charge on any atom is 0.252 e. The largest absolute Gasteiger partial charge is 0.394 e. The third-order valence-electron chi connectivity index (χ3n) is 3.81. The molecule has 0 aliphatic heterocycles. The van der Waals surface area contributed by atoms with Crippen LogP contribution in [0.15, 0.2) is 60.7 Å². The summed E-state index contributed by atoms with van der Waals surface area (Å²) in [5.41, 5.74) is 2.17. The van der Waals surface area contributed by atoms with Crippen LogP contribution < -0.4 is 5.32 Å². The van der Waals surface area contributed by atoms with Gasteiger partial charge in [0.1, 0.15) is 5.15 Å². The van der Waals surface area contributed by atoms with E-state index in [1.807, 2.05) is 54.6 Å². The van der Waals surface area contributed by atoms with E-state index in [1.54, 1.807) is 6.07 Å². The van der Waals surface area contributed by atoms with Crippen LogP contribution >= 0.6 is 11.6 Å². The zero-order chi connectivity index (χ0) is 16.9. The van der Waals surface area contributed by atoms with E-state index in [2.05, 4.69) is 10.3 Å². The highest BCUT2D eigenvalue weighted by Crippen LogP contribution is 2.21. The van der Waals surface area contributed by atoms with Gasteiger partial charge in [0.2, 0.25) is 0 Å². The molecule has 3 aromatic rings. The number of nitrogens with one attached hydrogen (secondary N) is 1. The molecule has 0 saturated heterocycles. The first kappa shape index (κ1) is 16.4. The standard InChI is InChI=1S/C19H17ClN2O2/c20-18-11-16(15-8-4-5-9-17(15)22-18)19(24)21-14(12-23)10-13-6-2-1-3-7-13/h1-9,11,14,23H,10,12H2,(H,21,24)/t14-/m0/s1. The number of aliphatic hydroxyl groups excluding tert-OH is 1. The molecule has 0 fully saturated rings. The predicted molar refractivity (Wildman–Crippen MR) is 95.2 cm³/mol. The molecule has 0 aliphatic carbocycles. The molecule has 1 aromatic heterocycles. The number of benzene rings is 2. The van der Waals surface area contributed by atoms with Gasteiger partial charge in [0, 0.05) is 5.39 Å². The number of fused-ring (bicyclic) bond motifs is 1. The zero-order valence-corrected chi connectivity index (χ0v) is 13.7. The Labute approximate surface area is 145 Å². The van der Waals surface area contributed by atoms with Gasteiger partial charge in [-0.15, -0.1) is 0 Å². The van der Waals surface area contributed by atoms with Gasteiger partial charge in [-0.1, -0.05) is 60.1 Å². The third kappa shape index (κ3) is 3.72. The molecule has 0 radical (unpaired) electrons. The van der Waals surface area contributed by atoms with Crippen molar-refractivity contribution in [1.82, 2.24) is 10.3 Å². The number of hydrogen-bond donors (Lipinski definition) is 2. The number of nitrogens with zero attached hydrogens (tertiary/aromatic N) is 1. The molecule has 2 aromatic carbocycles. The first-order valence-corrected chi connectivity index (χ1v) is 8.06. The molecule has 0 bridgehead atoms. The topological polar surface area (TPSA) is 62.2 Å². The van der Waals surface area contributed by atoms with Gasteiger partial charge >= 0.3 is 0 Å². The van der Waals surface area contributed by atoms with Crippen LogP contribution in [0.3, 0.4) is 0 Å². The fourth-order valence-corrected chi connectivity index (χ4v) is 2.85. The van der Waals surface area contributed by atoms with E-state index < -0.39 is 0 Å². The second-order valence-electron chi connectivity index (χ2n) is 5.55. The number of halogens is 1. The van der Waals surface area contributed by atoms with Crippen molar-refractivity contribution in [3.8, 4) is 0 Å². The average Bonchev–Trinajstić information content (AvgIpc) is 2.61. The van der Waals surface area contributed by atoms with Crippen molar-refractivity contribution < 1.29 is 9.90 Å². The SMILES string of the molecule is O=C(N[C@H](CO)Cc1ccccc1)c1cc(Cl)nc2ccccc12. The summed E-state index contributed by atoms with van der Waals surface area (Å²) < 4.78 is 0. The average molecular weight is 341 g/mol. The first-order chi connectivity index (χ1) is 11.7. The number of amides is 1. The lowest BCUT2D eigenvalue weighted by Gasteiger charge is -2.17. The van der Waals surface area contributed by atoms with Crippen LogP contribution in [0.1, 0.15) is 15.9 Å². The summed E-state index contributed by atoms with van der Waals surface area (Å²) in [6.45, 7) is -0.141. The van der Waals surface area contributed by atoms with Gasteiger partial charge in [0.05, 0.1) is 23.7 Å². The summed E-state index contributed by atoms with van der Waals surface area (Å²) in [7, 11) is 0. The second kappa shape index (κ2) is 7.43. The number of pyridine rings is 1. The molecule has 0 saturated carbocycles. The van der Waals surface area contributed by atoms with E-state index in [9.17, 15) is 9.90 Å². The molecule has 1 amide bonds. The molecule has 24 heavy (non-hydrogen) atoms. The van der Waals surface area contributed by atoms with Crippen LogP contribution in [0.4, 0.5) is 0 Å². The Balaban J connectivity index is 1.83. The molecule has 0 spiro atoms. The molecular formula is C19H17ClN2O2. The second-order valence-corrected chi connectivity index (χ2v) is 5.94. The Hall–Kier alpha value is -2.43. The summed E-state index contributed by atoms with van der Waals surface area (Å²) in [5, 5.41) is 13.5. The Kier molecular flexibility index (Phi) is 5.08. The zero-order valence-electron chi connectivity index (χ0n) is 12.9. The molecule has 3 rings (SSSR count). The number of aliphatic hydroxyl groups is 1. The van der Waals surface area contributed by atoms with Crippen molar-refractivity contribution in [2.45, 2.75) is 12.5 Å². The molecule has 4 nitrogen and oxygen atoms in total. The quantitative estimate of drug-likeness (QED) is 0.701. The minimum absolute atomic E-state index is 0.141. The number of carbonyl (C=O) groups is 1. The van der Waals surface area contributed by atoms with Crippen LogP contribution in [0.25, 0.3) is 10.9 Å². The highest BCUT2D eigenvalue weighted by atomic mass is 35.5. The summed E-state index contributed by atoms with van der Waals surface area (Å²) in [6.07, 6.45) is 0.555. The molecule has 1 heterocycles. The van der Waals surface area contributed by atoms with Crippen LogP contribution in [0.5, 0.6) is 0 Å². The molecular weight excluding hydrogens is 324 g/mol. The fourth-order valence-electron chi connectivity index (χ4n) is 2.65. The normalized spacial score (nSPS) is 12.1. The maximum absolute atomic E-state index is 12.7. The van der Waals surface area contributed by atoms with E-state index in [1.165, 1.54) is 0 Å². The summed E-state index contributed by atoms with van der Waals surface area (Å²) >= 11 is 6.03. The lowest BCUT2D eigenvalue weighted by Crippen LogP contribution is -2.39. The van der Waals surface area contributed by atoms with E-state index in [4.69, 9.17) is 11.6 Å². The Morgan fingerprint density at radius 3 is 2.58 bits per heavy atom. The number of para-hydroxylation sites is 1. The summed E-state index contributed by atoms with van der Waals surface area (Å²) in [4.78, 5) is 16.9. The van der Waals surface area contributed by atoms with E-state index in [-0.39, 0.29) is 23.7 Å². The number of rotatable bonds is 5. The minimum atomic E-state index is -0.370. The van der Waals surface area contributed by atoms with E-state index in [0.29, 0.717) is 17.5 Å². The Bertz CT molecular complexity index is 852. The number of carbonyl (C=O) groups excluding carboxylic acids is 1. The van der Waals surface area contributed by atoms with Crippen LogP contribution in [0.2, 0.25) is 5.15 Å². The fraction of sp³-hybridized carbons (Fsp3) is 0.158. The first-order valence-electron chi connectivity index (χ1n) is 7.68.